The molecule has 0 aliphatic carbocycles. The van der Waals surface area contributed by atoms with Gasteiger partial charge in [0.1, 0.15) is 0 Å². The lowest BCUT2D eigenvalue weighted by Crippen LogP contribution is -2.34. The average molecular weight is 412 g/mol. The van der Waals surface area contributed by atoms with Gasteiger partial charge in [0.25, 0.3) is 11.8 Å². The lowest BCUT2D eigenvalue weighted by atomic mass is 10.0. The van der Waals surface area contributed by atoms with Crippen LogP contribution in [-0.2, 0) is 6.18 Å². The topological polar surface area (TPSA) is 58.2 Å². The summed E-state index contributed by atoms with van der Waals surface area (Å²) in [6.07, 6.45) is -4.41. The normalized spacial score (nSPS) is 11.0. The molecule has 0 unspecified atom stereocenters. The summed E-state index contributed by atoms with van der Waals surface area (Å²) in [5, 5.41) is 5.40. The molecule has 3 rings (SSSR count). The van der Waals surface area contributed by atoms with Crippen LogP contribution in [-0.4, -0.2) is 24.9 Å². The monoisotopic (exact) mass is 412 g/mol. The molecule has 7 heteroatoms. The summed E-state index contributed by atoms with van der Waals surface area (Å²) in [4.78, 5) is 24.1. The molecule has 3 aromatic carbocycles. The van der Waals surface area contributed by atoms with Gasteiger partial charge in [-0.1, -0.05) is 42.5 Å². The molecular formula is C23H19F3N2O2. The van der Waals surface area contributed by atoms with Gasteiger partial charge in [-0.25, -0.2) is 0 Å². The van der Waals surface area contributed by atoms with Crippen LogP contribution in [0.2, 0.25) is 0 Å². The molecule has 2 N–H and O–H groups in total. The van der Waals surface area contributed by atoms with E-state index in [2.05, 4.69) is 10.6 Å². The van der Waals surface area contributed by atoms with E-state index in [-0.39, 0.29) is 24.9 Å². The summed E-state index contributed by atoms with van der Waals surface area (Å²) in [6.45, 7) is 0.509. The van der Waals surface area contributed by atoms with Crippen molar-refractivity contribution in [3.8, 4) is 11.1 Å². The number of hydrogen-bond donors (Lipinski definition) is 2. The molecule has 4 nitrogen and oxygen atoms in total. The maximum atomic E-state index is 12.9. The number of carbonyl (C=O) groups is 2. The molecule has 0 heterocycles. The second-order valence-corrected chi connectivity index (χ2v) is 6.53. The molecule has 0 bridgehead atoms. The van der Waals surface area contributed by atoms with Gasteiger partial charge in [0.05, 0.1) is 5.56 Å². The lowest BCUT2D eigenvalue weighted by molar-refractivity contribution is -0.137. The fraction of sp³-hybridized carbons (Fsp3) is 0.130. The summed E-state index contributed by atoms with van der Waals surface area (Å²) < 4.78 is 38.6. The van der Waals surface area contributed by atoms with Crippen LogP contribution in [0.25, 0.3) is 11.1 Å². The minimum atomic E-state index is -4.41. The first-order valence-corrected chi connectivity index (χ1v) is 9.24. The minimum absolute atomic E-state index is 0.227. The van der Waals surface area contributed by atoms with Gasteiger partial charge in [-0.15, -0.1) is 0 Å². The summed E-state index contributed by atoms with van der Waals surface area (Å²) in [5.41, 5.74) is 1.18. The number of amides is 2. The number of hydrogen-bond acceptors (Lipinski definition) is 2. The third-order valence-corrected chi connectivity index (χ3v) is 4.40. The highest BCUT2D eigenvalue weighted by Crippen LogP contribution is 2.32. The molecule has 0 fully saturated rings. The Bertz CT molecular complexity index is 1020. The first-order chi connectivity index (χ1) is 14.3. The number of benzene rings is 3. The highest BCUT2D eigenvalue weighted by Gasteiger charge is 2.30. The SMILES string of the molecule is O=C(NCCNC(=O)c1ccc(-c2cccc(C(F)(F)F)c2)cc1)c1ccccc1. The van der Waals surface area contributed by atoms with Crippen LogP contribution < -0.4 is 10.6 Å². The number of carbonyl (C=O) groups excluding carboxylic acids is 2. The highest BCUT2D eigenvalue weighted by molar-refractivity contribution is 5.95. The van der Waals surface area contributed by atoms with Gasteiger partial charge >= 0.3 is 6.18 Å². The first-order valence-electron chi connectivity index (χ1n) is 9.24. The zero-order chi connectivity index (χ0) is 21.6. The van der Waals surface area contributed by atoms with Crippen molar-refractivity contribution in [3.63, 3.8) is 0 Å². The average Bonchev–Trinajstić information content (AvgIpc) is 2.76. The molecule has 3 aromatic rings. The van der Waals surface area contributed by atoms with E-state index in [4.69, 9.17) is 0 Å². The summed E-state index contributed by atoms with van der Waals surface area (Å²) >= 11 is 0. The standard InChI is InChI=1S/C23H19F3N2O2/c24-23(25,26)20-8-4-7-19(15-20)16-9-11-18(12-10-16)22(30)28-14-13-27-21(29)17-5-2-1-3-6-17/h1-12,15H,13-14H2,(H,27,29)(H,28,30). The molecule has 0 aliphatic rings. The van der Waals surface area contributed by atoms with E-state index in [1.165, 1.54) is 6.07 Å². The summed E-state index contributed by atoms with van der Waals surface area (Å²) in [5.74, 6) is -0.560. The van der Waals surface area contributed by atoms with Crippen LogP contribution in [0.3, 0.4) is 0 Å². The van der Waals surface area contributed by atoms with E-state index >= 15 is 0 Å². The molecule has 0 aromatic heterocycles. The van der Waals surface area contributed by atoms with Crippen LogP contribution in [0, 0.1) is 0 Å². The number of rotatable bonds is 6. The van der Waals surface area contributed by atoms with Gasteiger partial charge in [0.2, 0.25) is 0 Å². The maximum Gasteiger partial charge on any atom is 0.416 e. The van der Waals surface area contributed by atoms with E-state index in [1.54, 1.807) is 54.6 Å². The third-order valence-electron chi connectivity index (χ3n) is 4.40. The maximum absolute atomic E-state index is 12.9. The van der Waals surface area contributed by atoms with Gasteiger partial charge < -0.3 is 10.6 Å². The predicted octanol–water partition coefficient (Wildman–Crippen LogP) is 4.53. The second-order valence-electron chi connectivity index (χ2n) is 6.53. The van der Waals surface area contributed by atoms with Crippen molar-refractivity contribution in [2.45, 2.75) is 6.18 Å². The molecule has 0 radical (unpaired) electrons. The van der Waals surface area contributed by atoms with Crippen LogP contribution in [0.4, 0.5) is 13.2 Å². The zero-order valence-corrected chi connectivity index (χ0v) is 15.9. The summed E-state index contributed by atoms with van der Waals surface area (Å²) in [7, 11) is 0. The smallest absolute Gasteiger partial charge is 0.350 e. The van der Waals surface area contributed by atoms with Crippen LogP contribution in [0.1, 0.15) is 26.3 Å². The molecule has 0 saturated carbocycles. The van der Waals surface area contributed by atoms with E-state index in [0.717, 1.165) is 12.1 Å². The Morgan fingerprint density at radius 3 is 1.80 bits per heavy atom. The minimum Gasteiger partial charge on any atom is -0.350 e. The quantitative estimate of drug-likeness (QED) is 0.585. The number of halogens is 3. The molecule has 0 spiro atoms. The molecular weight excluding hydrogens is 393 g/mol. The van der Waals surface area contributed by atoms with Crippen molar-refractivity contribution < 1.29 is 22.8 Å². The van der Waals surface area contributed by atoms with Gasteiger partial charge in [-0.3, -0.25) is 9.59 Å². The van der Waals surface area contributed by atoms with Gasteiger partial charge in [0.15, 0.2) is 0 Å². The molecule has 154 valence electrons. The second kappa shape index (κ2) is 9.26. The first kappa shape index (κ1) is 21.1. The number of alkyl halides is 3. The predicted molar refractivity (Wildman–Crippen MR) is 108 cm³/mol. The fourth-order valence-electron chi connectivity index (χ4n) is 2.83. The fourth-order valence-corrected chi connectivity index (χ4v) is 2.83. The number of nitrogens with one attached hydrogen (secondary N) is 2. The molecule has 30 heavy (non-hydrogen) atoms. The van der Waals surface area contributed by atoms with Crippen molar-refractivity contribution in [1.82, 2.24) is 10.6 Å². The Labute approximate surface area is 171 Å². The van der Waals surface area contributed by atoms with Crippen LogP contribution in [0.15, 0.2) is 78.9 Å². The largest absolute Gasteiger partial charge is 0.416 e. The Balaban J connectivity index is 1.53. The van der Waals surface area contributed by atoms with Crippen molar-refractivity contribution in [2.24, 2.45) is 0 Å². The van der Waals surface area contributed by atoms with Crippen molar-refractivity contribution >= 4 is 11.8 Å². The highest BCUT2D eigenvalue weighted by atomic mass is 19.4. The Morgan fingerprint density at radius 1 is 0.667 bits per heavy atom. The van der Waals surface area contributed by atoms with Crippen LogP contribution >= 0.6 is 0 Å². The van der Waals surface area contributed by atoms with E-state index < -0.39 is 11.7 Å². The Morgan fingerprint density at radius 2 is 1.23 bits per heavy atom. The summed E-state index contributed by atoms with van der Waals surface area (Å²) in [6, 6.07) is 20.0. The van der Waals surface area contributed by atoms with Crippen molar-refractivity contribution in [2.75, 3.05) is 13.1 Å². The van der Waals surface area contributed by atoms with E-state index in [9.17, 15) is 22.8 Å². The van der Waals surface area contributed by atoms with E-state index in [1.807, 2.05) is 6.07 Å². The van der Waals surface area contributed by atoms with Gasteiger partial charge in [0, 0.05) is 24.2 Å². The van der Waals surface area contributed by atoms with Crippen molar-refractivity contribution in [3.05, 3.63) is 95.6 Å². The molecule has 0 aliphatic heterocycles. The van der Waals surface area contributed by atoms with Gasteiger partial charge in [-0.05, 0) is 47.5 Å². The zero-order valence-electron chi connectivity index (χ0n) is 15.9. The molecule has 0 saturated heterocycles. The van der Waals surface area contributed by atoms with Crippen molar-refractivity contribution in [1.29, 1.82) is 0 Å². The Kier molecular flexibility index (Phi) is 6.51. The Hall–Kier alpha value is -3.61. The molecule has 0 atom stereocenters. The molecule has 2 amide bonds. The van der Waals surface area contributed by atoms with Crippen LogP contribution in [0.5, 0.6) is 0 Å². The third kappa shape index (κ3) is 5.47. The lowest BCUT2D eigenvalue weighted by Gasteiger charge is -2.10. The van der Waals surface area contributed by atoms with Gasteiger partial charge in [-0.2, -0.15) is 13.2 Å². The van der Waals surface area contributed by atoms with E-state index in [0.29, 0.717) is 22.3 Å².